The zero-order valence-electron chi connectivity index (χ0n) is 9.59. The predicted molar refractivity (Wildman–Crippen MR) is 77.9 cm³/mol. The van der Waals surface area contributed by atoms with Crippen LogP contribution >= 0.6 is 28.1 Å². The fraction of sp³-hybridized carbons (Fsp3) is 0.417. The Balaban J connectivity index is 2.42. The summed E-state index contributed by atoms with van der Waals surface area (Å²) >= 11 is 8.62. The lowest BCUT2D eigenvalue weighted by molar-refractivity contribution is 0.599. The van der Waals surface area contributed by atoms with Crippen LogP contribution < -0.4 is 10.6 Å². The Labute approximate surface area is 111 Å². The first-order valence-corrected chi connectivity index (χ1v) is 6.65. The van der Waals surface area contributed by atoms with Crippen LogP contribution in [0.3, 0.4) is 0 Å². The van der Waals surface area contributed by atoms with Crippen LogP contribution in [0.2, 0.25) is 0 Å². The topological polar surface area (TPSA) is 24.1 Å². The summed E-state index contributed by atoms with van der Waals surface area (Å²) < 4.78 is 1.07. The molecule has 2 nitrogen and oxygen atoms in total. The lowest BCUT2D eigenvalue weighted by Gasteiger charge is -2.16. The number of benzene rings is 1. The molecule has 0 spiro atoms. The van der Waals surface area contributed by atoms with Gasteiger partial charge in [0.05, 0.1) is 0 Å². The number of anilines is 1. The maximum absolute atomic E-state index is 5.23. The zero-order chi connectivity index (χ0) is 12.0. The van der Waals surface area contributed by atoms with Crippen LogP contribution in [0.15, 0.2) is 28.7 Å². The molecule has 0 bridgehead atoms. The predicted octanol–water partition coefficient (Wildman–Crippen LogP) is 3.92. The van der Waals surface area contributed by atoms with Crippen molar-refractivity contribution in [3.05, 3.63) is 28.7 Å². The Bertz CT molecular complexity index is 337. The van der Waals surface area contributed by atoms with Gasteiger partial charge in [0.25, 0.3) is 0 Å². The van der Waals surface area contributed by atoms with Gasteiger partial charge in [0.2, 0.25) is 0 Å². The van der Waals surface area contributed by atoms with E-state index in [0.717, 1.165) is 23.0 Å². The summed E-state index contributed by atoms with van der Waals surface area (Å²) in [5.74, 6) is 0. The average Bonchev–Trinajstić information content (AvgIpc) is 2.21. The molecule has 0 heterocycles. The summed E-state index contributed by atoms with van der Waals surface area (Å²) in [5.41, 5.74) is 1.00. The van der Waals surface area contributed by atoms with E-state index in [1.807, 2.05) is 24.3 Å². The number of hydrogen-bond acceptors (Lipinski definition) is 1. The molecule has 1 atom stereocenters. The second kappa shape index (κ2) is 6.86. The molecule has 0 saturated heterocycles. The van der Waals surface area contributed by atoms with Crippen LogP contribution in [0, 0.1) is 0 Å². The van der Waals surface area contributed by atoms with Crippen LogP contribution in [-0.2, 0) is 0 Å². The second-order valence-corrected chi connectivity index (χ2v) is 5.12. The first-order valence-electron chi connectivity index (χ1n) is 5.45. The first kappa shape index (κ1) is 13.5. The highest BCUT2D eigenvalue weighted by atomic mass is 79.9. The number of rotatable bonds is 4. The monoisotopic (exact) mass is 300 g/mol. The van der Waals surface area contributed by atoms with Crippen LogP contribution in [0.25, 0.3) is 0 Å². The lowest BCUT2D eigenvalue weighted by atomic mass is 10.2. The number of hydrogen-bond donors (Lipinski definition) is 2. The largest absolute Gasteiger partial charge is 0.360 e. The molecule has 4 heteroatoms. The Kier molecular flexibility index (Phi) is 5.77. The highest BCUT2D eigenvalue weighted by Crippen LogP contribution is 2.13. The van der Waals surface area contributed by atoms with E-state index in [4.69, 9.17) is 12.2 Å². The summed E-state index contributed by atoms with van der Waals surface area (Å²) in [6, 6.07) is 8.37. The average molecular weight is 301 g/mol. The Morgan fingerprint density at radius 3 is 2.56 bits per heavy atom. The third kappa shape index (κ3) is 4.94. The van der Waals surface area contributed by atoms with E-state index in [1.165, 1.54) is 0 Å². The van der Waals surface area contributed by atoms with Crippen LogP contribution in [0.1, 0.15) is 26.7 Å². The van der Waals surface area contributed by atoms with E-state index >= 15 is 0 Å². The lowest BCUT2D eigenvalue weighted by Crippen LogP contribution is -2.35. The molecule has 0 aliphatic rings. The van der Waals surface area contributed by atoms with Gasteiger partial charge in [-0.2, -0.15) is 0 Å². The fourth-order valence-corrected chi connectivity index (χ4v) is 2.01. The molecule has 0 fully saturated rings. The standard InChI is InChI=1S/C12H17BrN2S/c1-3-4-9(2)14-12(16)15-11-7-5-10(13)6-8-11/h5-9H,3-4H2,1-2H3,(H2,14,15,16). The Morgan fingerprint density at radius 1 is 1.38 bits per heavy atom. The zero-order valence-corrected chi connectivity index (χ0v) is 12.0. The van der Waals surface area contributed by atoms with Gasteiger partial charge in [0.15, 0.2) is 5.11 Å². The quantitative estimate of drug-likeness (QED) is 0.824. The molecular formula is C12H17BrN2S. The van der Waals surface area contributed by atoms with Crippen molar-refractivity contribution in [2.75, 3.05) is 5.32 Å². The molecule has 0 amide bonds. The van der Waals surface area contributed by atoms with Crippen molar-refractivity contribution in [2.24, 2.45) is 0 Å². The molecule has 1 unspecified atom stereocenters. The molecule has 0 aliphatic heterocycles. The molecule has 1 rings (SSSR count). The number of nitrogens with one attached hydrogen (secondary N) is 2. The Morgan fingerprint density at radius 2 is 2.00 bits per heavy atom. The Hall–Kier alpha value is -0.610. The third-order valence-corrected chi connectivity index (χ3v) is 2.95. The van der Waals surface area contributed by atoms with Gasteiger partial charge < -0.3 is 10.6 Å². The van der Waals surface area contributed by atoms with Gasteiger partial charge in [0, 0.05) is 16.2 Å². The first-order chi connectivity index (χ1) is 7.61. The van der Waals surface area contributed by atoms with Gasteiger partial charge in [-0.3, -0.25) is 0 Å². The molecule has 0 aliphatic carbocycles. The van der Waals surface area contributed by atoms with Crippen molar-refractivity contribution >= 4 is 38.9 Å². The molecule has 0 aromatic heterocycles. The molecular weight excluding hydrogens is 284 g/mol. The van der Waals surface area contributed by atoms with Gasteiger partial charge in [-0.15, -0.1) is 0 Å². The van der Waals surface area contributed by atoms with Crippen molar-refractivity contribution in [3.63, 3.8) is 0 Å². The van der Waals surface area contributed by atoms with E-state index < -0.39 is 0 Å². The summed E-state index contributed by atoms with van der Waals surface area (Å²) in [4.78, 5) is 0. The van der Waals surface area contributed by atoms with Crippen LogP contribution in [0.5, 0.6) is 0 Å². The van der Waals surface area contributed by atoms with Gasteiger partial charge in [0.1, 0.15) is 0 Å². The molecule has 16 heavy (non-hydrogen) atoms. The highest BCUT2D eigenvalue weighted by molar-refractivity contribution is 9.10. The summed E-state index contributed by atoms with van der Waals surface area (Å²) in [6.07, 6.45) is 2.29. The van der Waals surface area contributed by atoms with Crippen molar-refractivity contribution in [3.8, 4) is 0 Å². The minimum absolute atomic E-state index is 0.417. The van der Waals surface area contributed by atoms with Crippen molar-refractivity contribution < 1.29 is 0 Å². The van der Waals surface area contributed by atoms with Crippen molar-refractivity contribution in [2.45, 2.75) is 32.7 Å². The van der Waals surface area contributed by atoms with Gasteiger partial charge in [-0.05, 0) is 49.8 Å². The van der Waals surface area contributed by atoms with Crippen LogP contribution in [0.4, 0.5) is 5.69 Å². The summed E-state index contributed by atoms with van der Waals surface area (Å²) in [5, 5.41) is 7.09. The molecule has 88 valence electrons. The van der Waals surface area contributed by atoms with Crippen molar-refractivity contribution in [1.29, 1.82) is 0 Å². The highest BCUT2D eigenvalue weighted by Gasteiger charge is 2.02. The summed E-state index contributed by atoms with van der Waals surface area (Å²) in [7, 11) is 0. The maximum atomic E-state index is 5.23. The smallest absolute Gasteiger partial charge is 0.170 e. The van der Waals surface area contributed by atoms with E-state index in [1.54, 1.807) is 0 Å². The van der Waals surface area contributed by atoms with Gasteiger partial charge in [-0.25, -0.2) is 0 Å². The third-order valence-electron chi connectivity index (χ3n) is 2.20. The van der Waals surface area contributed by atoms with E-state index in [0.29, 0.717) is 11.2 Å². The molecule has 0 radical (unpaired) electrons. The summed E-state index contributed by atoms with van der Waals surface area (Å²) in [6.45, 7) is 4.31. The second-order valence-electron chi connectivity index (χ2n) is 3.80. The van der Waals surface area contributed by atoms with Crippen molar-refractivity contribution in [1.82, 2.24) is 5.32 Å². The molecule has 0 saturated carbocycles. The normalized spacial score (nSPS) is 11.9. The van der Waals surface area contributed by atoms with E-state index in [2.05, 4.69) is 40.4 Å². The minimum Gasteiger partial charge on any atom is -0.360 e. The fourth-order valence-electron chi connectivity index (χ4n) is 1.43. The SMILES string of the molecule is CCCC(C)NC(=S)Nc1ccc(Br)cc1. The van der Waals surface area contributed by atoms with Gasteiger partial charge >= 0.3 is 0 Å². The number of halogens is 1. The molecule has 1 aromatic rings. The molecule has 2 N–H and O–H groups in total. The maximum Gasteiger partial charge on any atom is 0.170 e. The van der Waals surface area contributed by atoms with E-state index in [-0.39, 0.29) is 0 Å². The minimum atomic E-state index is 0.417. The number of thiocarbonyl (C=S) groups is 1. The van der Waals surface area contributed by atoms with Gasteiger partial charge in [-0.1, -0.05) is 29.3 Å². The van der Waals surface area contributed by atoms with Crippen LogP contribution in [-0.4, -0.2) is 11.2 Å². The van der Waals surface area contributed by atoms with E-state index in [9.17, 15) is 0 Å². The molecule has 1 aromatic carbocycles.